The summed E-state index contributed by atoms with van der Waals surface area (Å²) in [6, 6.07) is 0. The molecule has 0 radical (unpaired) electrons. The maximum absolute atomic E-state index is 14.6. The van der Waals surface area contributed by atoms with Crippen molar-refractivity contribution in [2.45, 2.75) is 44.4 Å². The van der Waals surface area contributed by atoms with Gasteiger partial charge in [-0.2, -0.15) is 13.8 Å². The Kier molecular flexibility index (Phi) is 3.81. The lowest BCUT2D eigenvalue weighted by Crippen LogP contribution is -2.33. The molecule has 4 aliphatic rings. The molecular formula is C19H24F2N4O2. The van der Waals surface area contributed by atoms with Crippen molar-refractivity contribution in [1.29, 1.82) is 0 Å². The molecule has 2 aliphatic heterocycles. The third-order valence-corrected chi connectivity index (χ3v) is 6.71. The molecule has 1 unspecified atom stereocenters. The molecule has 2 aliphatic carbocycles. The molecule has 8 heteroatoms. The lowest BCUT2D eigenvalue weighted by Gasteiger charge is -2.31. The van der Waals surface area contributed by atoms with Gasteiger partial charge in [0.25, 0.3) is 5.92 Å². The number of alkyl halides is 2. The van der Waals surface area contributed by atoms with Crippen LogP contribution in [0.3, 0.4) is 0 Å². The maximum atomic E-state index is 14.6. The Morgan fingerprint density at radius 3 is 2.48 bits per heavy atom. The first kappa shape index (κ1) is 17.1. The molecule has 1 saturated carbocycles. The number of piperidine rings is 1. The van der Waals surface area contributed by atoms with Crippen LogP contribution < -0.4 is 9.80 Å². The van der Waals surface area contributed by atoms with E-state index < -0.39 is 11.9 Å². The smallest absolute Gasteiger partial charge is 0.303 e. The molecule has 3 atom stereocenters. The van der Waals surface area contributed by atoms with Gasteiger partial charge in [0, 0.05) is 44.6 Å². The first-order valence-corrected chi connectivity index (χ1v) is 9.95. The zero-order chi connectivity index (χ0) is 18.8. The monoisotopic (exact) mass is 378 g/mol. The summed E-state index contributed by atoms with van der Waals surface area (Å²) in [4.78, 5) is 24.2. The van der Waals surface area contributed by atoms with Crippen LogP contribution in [-0.2, 0) is 17.1 Å². The molecule has 1 aromatic heterocycles. The molecule has 0 aromatic carbocycles. The largest absolute Gasteiger partial charge is 0.481 e. The van der Waals surface area contributed by atoms with Crippen LogP contribution in [0.15, 0.2) is 0 Å². The normalized spacial score (nSPS) is 31.0. The van der Waals surface area contributed by atoms with Gasteiger partial charge >= 0.3 is 5.97 Å². The quantitative estimate of drug-likeness (QED) is 0.869. The number of rotatable bonds is 4. The Morgan fingerprint density at radius 2 is 1.81 bits per heavy atom. The molecule has 0 spiro atoms. The number of hydrogen-bond donors (Lipinski definition) is 1. The number of carbonyl (C=O) groups is 1. The Hall–Kier alpha value is -1.99. The van der Waals surface area contributed by atoms with Gasteiger partial charge in [0.15, 0.2) is 0 Å². The third kappa shape index (κ3) is 2.84. The minimum atomic E-state index is -2.89. The molecule has 146 valence electrons. The van der Waals surface area contributed by atoms with Gasteiger partial charge in [-0.05, 0) is 43.4 Å². The molecule has 0 amide bonds. The van der Waals surface area contributed by atoms with Crippen LogP contribution >= 0.6 is 0 Å². The zero-order valence-electron chi connectivity index (χ0n) is 15.2. The van der Waals surface area contributed by atoms with E-state index in [-0.39, 0.29) is 24.5 Å². The van der Waals surface area contributed by atoms with E-state index in [2.05, 4.69) is 9.88 Å². The number of aliphatic carboxylic acids is 1. The molecule has 0 bridgehead atoms. The van der Waals surface area contributed by atoms with Crippen molar-refractivity contribution in [1.82, 2.24) is 9.97 Å². The Morgan fingerprint density at radius 1 is 1.11 bits per heavy atom. The second-order valence-corrected chi connectivity index (χ2v) is 8.42. The van der Waals surface area contributed by atoms with Gasteiger partial charge in [0.1, 0.15) is 11.5 Å². The number of aromatic nitrogens is 2. The standard InChI is InChI=1S/C19H24F2N4O2/c20-19(21)5-3-4-11-16(19)22-18(24-6-1-2-7-24)23-17(11)25-9-13-12(8-15(26)27)14(13)10-25/h12-14H,1-10H2,(H,26,27)/t12?,13-,14+. The van der Waals surface area contributed by atoms with Gasteiger partial charge in [0.05, 0.1) is 0 Å². The average Bonchev–Trinajstić information content (AvgIpc) is 3.06. The fourth-order valence-electron chi connectivity index (χ4n) is 5.25. The molecule has 3 heterocycles. The van der Waals surface area contributed by atoms with E-state index in [9.17, 15) is 13.6 Å². The molecule has 1 aromatic rings. The van der Waals surface area contributed by atoms with E-state index in [1.807, 2.05) is 4.90 Å². The highest BCUT2D eigenvalue weighted by Crippen LogP contribution is 2.55. The van der Waals surface area contributed by atoms with Crippen LogP contribution in [0.25, 0.3) is 0 Å². The Bertz CT molecular complexity index is 769. The topological polar surface area (TPSA) is 69.6 Å². The van der Waals surface area contributed by atoms with Crippen LogP contribution in [-0.4, -0.2) is 47.2 Å². The van der Waals surface area contributed by atoms with Crippen molar-refractivity contribution >= 4 is 17.7 Å². The lowest BCUT2D eigenvalue weighted by atomic mass is 9.92. The first-order valence-electron chi connectivity index (χ1n) is 9.95. The summed E-state index contributed by atoms with van der Waals surface area (Å²) in [5.74, 6) is -1.61. The molecule has 1 N–H and O–H groups in total. The third-order valence-electron chi connectivity index (χ3n) is 6.71. The van der Waals surface area contributed by atoms with Crippen molar-refractivity contribution in [3.63, 3.8) is 0 Å². The number of halogens is 2. The maximum Gasteiger partial charge on any atom is 0.303 e. The molecular weight excluding hydrogens is 354 g/mol. The molecule has 27 heavy (non-hydrogen) atoms. The van der Waals surface area contributed by atoms with Gasteiger partial charge in [0.2, 0.25) is 5.95 Å². The van der Waals surface area contributed by atoms with Crippen LogP contribution in [0, 0.1) is 17.8 Å². The fourth-order valence-corrected chi connectivity index (χ4v) is 5.25. The second kappa shape index (κ2) is 6.01. The van der Waals surface area contributed by atoms with Gasteiger partial charge in [-0.1, -0.05) is 0 Å². The van der Waals surface area contributed by atoms with Crippen molar-refractivity contribution in [2.75, 3.05) is 36.0 Å². The van der Waals surface area contributed by atoms with E-state index >= 15 is 0 Å². The van der Waals surface area contributed by atoms with E-state index in [0.717, 1.165) is 39.0 Å². The van der Waals surface area contributed by atoms with E-state index in [1.165, 1.54) is 0 Å². The summed E-state index contributed by atoms with van der Waals surface area (Å²) in [6.07, 6.45) is 3.17. The second-order valence-electron chi connectivity index (χ2n) is 8.42. The van der Waals surface area contributed by atoms with Crippen molar-refractivity contribution < 1.29 is 18.7 Å². The summed E-state index contributed by atoms with van der Waals surface area (Å²) in [6.45, 7) is 3.07. The van der Waals surface area contributed by atoms with E-state index in [0.29, 0.717) is 42.0 Å². The van der Waals surface area contributed by atoms with Gasteiger partial charge in [-0.3, -0.25) is 4.79 Å². The fraction of sp³-hybridized carbons (Fsp3) is 0.737. The SMILES string of the molecule is O=C(O)CC1[C@H]2CN(c3nc(N4CCCC4)nc4c3CCCC4(F)F)C[C@@H]12. The first-order chi connectivity index (χ1) is 12.9. The van der Waals surface area contributed by atoms with Crippen LogP contribution in [0.2, 0.25) is 0 Å². The summed E-state index contributed by atoms with van der Waals surface area (Å²) in [5.41, 5.74) is 0.522. The van der Waals surface area contributed by atoms with Gasteiger partial charge in [-0.15, -0.1) is 0 Å². The molecule has 2 saturated heterocycles. The number of nitrogens with zero attached hydrogens (tertiary/aromatic N) is 4. The number of fused-ring (bicyclic) bond motifs is 2. The van der Waals surface area contributed by atoms with Crippen LogP contribution in [0.5, 0.6) is 0 Å². The summed E-state index contributed by atoms with van der Waals surface area (Å²) in [7, 11) is 0. The number of hydrogen-bond acceptors (Lipinski definition) is 5. The van der Waals surface area contributed by atoms with Crippen LogP contribution in [0.1, 0.15) is 43.4 Å². The number of carboxylic acids is 1. The highest BCUT2D eigenvalue weighted by molar-refractivity contribution is 5.68. The minimum absolute atomic E-state index is 0.0803. The predicted molar refractivity (Wildman–Crippen MR) is 95.2 cm³/mol. The Balaban J connectivity index is 1.47. The van der Waals surface area contributed by atoms with Crippen LogP contribution in [0.4, 0.5) is 20.5 Å². The summed E-state index contributed by atoms with van der Waals surface area (Å²) < 4.78 is 29.3. The summed E-state index contributed by atoms with van der Waals surface area (Å²) >= 11 is 0. The van der Waals surface area contributed by atoms with Gasteiger partial charge < -0.3 is 14.9 Å². The average molecular weight is 378 g/mol. The number of carboxylic acid groups (broad SMARTS) is 1. The summed E-state index contributed by atoms with van der Waals surface area (Å²) in [5, 5.41) is 9.01. The van der Waals surface area contributed by atoms with E-state index in [4.69, 9.17) is 10.1 Å². The zero-order valence-corrected chi connectivity index (χ0v) is 15.2. The van der Waals surface area contributed by atoms with Crippen molar-refractivity contribution in [3.05, 3.63) is 11.3 Å². The molecule has 6 nitrogen and oxygen atoms in total. The number of anilines is 2. The molecule has 3 fully saturated rings. The highest BCUT2D eigenvalue weighted by Gasteiger charge is 2.57. The lowest BCUT2D eigenvalue weighted by molar-refractivity contribution is -0.137. The van der Waals surface area contributed by atoms with E-state index in [1.54, 1.807) is 0 Å². The van der Waals surface area contributed by atoms with Crippen molar-refractivity contribution in [3.8, 4) is 0 Å². The Labute approximate surface area is 156 Å². The predicted octanol–water partition coefficient (Wildman–Crippen LogP) is 2.66. The highest BCUT2D eigenvalue weighted by atomic mass is 19.3. The van der Waals surface area contributed by atoms with Gasteiger partial charge in [-0.25, -0.2) is 4.98 Å². The molecule has 5 rings (SSSR count). The minimum Gasteiger partial charge on any atom is -0.481 e. The van der Waals surface area contributed by atoms with Crippen molar-refractivity contribution in [2.24, 2.45) is 17.8 Å².